The van der Waals surface area contributed by atoms with E-state index in [2.05, 4.69) is 32.7 Å². The molecule has 0 saturated heterocycles. The van der Waals surface area contributed by atoms with Crippen molar-refractivity contribution >= 4 is 21.8 Å². The average molecular weight is 311 g/mol. The van der Waals surface area contributed by atoms with E-state index >= 15 is 0 Å². The summed E-state index contributed by atoms with van der Waals surface area (Å²) in [6, 6.07) is 2.47. The van der Waals surface area contributed by atoms with Gasteiger partial charge in [0.05, 0.1) is 0 Å². The van der Waals surface area contributed by atoms with Gasteiger partial charge in [-0.05, 0) is 54.6 Å². The molecule has 1 N–H and O–H groups in total. The van der Waals surface area contributed by atoms with Crippen LogP contribution in [0.3, 0.4) is 0 Å². The smallest absolute Gasteiger partial charge is 0.268 e. The first-order valence-electron chi connectivity index (χ1n) is 6.77. The maximum absolute atomic E-state index is 12.4. The number of aromatic nitrogens is 1. The molecular weight excluding hydrogens is 292 g/mol. The van der Waals surface area contributed by atoms with Crippen molar-refractivity contribution in [3.8, 4) is 0 Å². The van der Waals surface area contributed by atoms with Crippen LogP contribution in [0.5, 0.6) is 0 Å². The molecule has 1 heterocycles. The highest BCUT2D eigenvalue weighted by molar-refractivity contribution is 9.10. The Bertz CT molecular complexity index is 470. The normalized spacial score (nSPS) is 22.1. The number of carbonyl (C=O) groups excluding carboxylic acids is 1. The second kappa shape index (κ2) is 4.41. The van der Waals surface area contributed by atoms with Gasteiger partial charge in [0.15, 0.2) is 0 Å². The Labute approximate surface area is 116 Å². The summed E-state index contributed by atoms with van der Waals surface area (Å²) in [5.74, 6) is 0.0806. The molecule has 2 aliphatic rings. The fraction of sp³-hybridized carbons (Fsp3) is 0.643. The van der Waals surface area contributed by atoms with Crippen molar-refractivity contribution in [2.75, 3.05) is 0 Å². The number of rotatable bonds is 3. The zero-order chi connectivity index (χ0) is 12.8. The summed E-state index contributed by atoms with van der Waals surface area (Å²) < 4.78 is 3.12. The number of hydrogen-bond acceptors (Lipinski definition) is 1. The maximum Gasteiger partial charge on any atom is 0.268 e. The molecule has 0 spiro atoms. The van der Waals surface area contributed by atoms with E-state index in [0.29, 0.717) is 6.04 Å². The van der Waals surface area contributed by atoms with Crippen LogP contribution in [0.1, 0.15) is 62.0 Å². The van der Waals surface area contributed by atoms with Crippen molar-refractivity contribution in [2.45, 2.75) is 57.0 Å². The first-order chi connectivity index (χ1) is 8.57. The standard InChI is InChI=1S/C14H19BrN2O/c1-14(6-2-3-7-14)16-13(18)12-8-10(15)9-17(12)11-4-5-11/h8-9,11H,2-7H2,1H3,(H,16,18). The van der Waals surface area contributed by atoms with Crippen LogP contribution in [0.2, 0.25) is 0 Å². The SMILES string of the molecule is CC1(NC(=O)c2cc(Br)cn2C2CC2)CCCC1. The lowest BCUT2D eigenvalue weighted by molar-refractivity contribution is 0.0898. The molecule has 0 atom stereocenters. The minimum atomic E-state index is 0.00219. The minimum Gasteiger partial charge on any atom is -0.346 e. The van der Waals surface area contributed by atoms with Gasteiger partial charge in [-0.15, -0.1) is 0 Å². The summed E-state index contributed by atoms with van der Waals surface area (Å²) in [6.07, 6.45) is 9.07. The number of amides is 1. The number of carbonyl (C=O) groups is 1. The molecule has 2 fully saturated rings. The van der Waals surface area contributed by atoms with Crippen molar-refractivity contribution < 1.29 is 4.79 Å². The Kier molecular flexibility index (Phi) is 3.00. The highest BCUT2D eigenvalue weighted by Crippen LogP contribution is 2.38. The van der Waals surface area contributed by atoms with E-state index in [1.54, 1.807) is 0 Å². The molecule has 0 unspecified atom stereocenters. The maximum atomic E-state index is 12.4. The molecular formula is C14H19BrN2O. The van der Waals surface area contributed by atoms with Crippen LogP contribution in [0.4, 0.5) is 0 Å². The monoisotopic (exact) mass is 310 g/mol. The van der Waals surface area contributed by atoms with Crippen molar-refractivity contribution in [3.63, 3.8) is 0 Å². The van der Waals surface area contributed by atoms with E-state index in [0.717, 1.165) is 23.0 Å². The Morgan fingerprint density at radius 1 is 1.44 bits per heavy atom. The van der Waals surface area contributed by atoms with Gasteiger partial charge in [0.1, 0.15) is 5.69 Å². The van der Waals surface area contributed by atoms with Gasteiger partial charge in [-0.2, -0.15) is 0 Å². The van der Waals surface area contributed by atoms with Gasteiger partial charge in [-0.1, -0.05) is 12.8 Å². The Balaban J connectivity index is 1.79. The lowest BCUT2D eigenvalue weighted by Gasteiger charge is -2.25. The summed E-state index contributed by atoms with van der Waals surface area (Å²) >= 11 is 3.47. The fourth-order valence-electron chi connectivity index (χ4n) is 2.90. The third-order valence-electron chi connectivity index (χ3n) is 4.11. The summed E-state index contributed by atoms with van der Waals surface area (Å²) in [4.78, 5) is 12.4. The number of halogens is 1. The summed E-state index contributed by atoms with van der Waals surface area (Å²) in [5.41, 5.74) is 0.805. The van der Waals surface area contributed by atoms with Crippen LogP contribution in [-0.2, 0) is 0 Å². The highest BCUT2D eigenvalue weighted by atomic mass is 79.9. The van der Waals surface area contributed by atoms with Gasteiger partial charge in [0.2, 0.25) is 0 Å². The average Bonchev–Trinajstić information content (AvgIpc) is 2.96. The predicted molar refractivity (Wildman–Crippen MR) is 74.7 cm³/mol. The van der Waals surface area contributed by atoms with Crippen molar-refractivity contribution in [2.24, 2.45) is 0 Å². The lowest BCUT2D eigenvalue weighted by Crippen LogP contribution is -2.44. The van der Waals surface area contributed by atoms with Crippen LogP contribution in [0.25, 0.3) is 0 Å². The molecule has 2 saturated carbocycles. The predicted octanol–water partition coefficient (Wildman–Crippen LogP) is 3.65. The van der Waals surface area contributed by atoms with Gasteiger partial charge < -0.3 is 9.88 Å². The first kappa shape index (κ1) is 12.3. The van der Waals surface area contributed by atoms with E-state index < -0.39 is 0 Å². The molecule has 2 aliphatic carbocycles. The number of nitrogens with one attached hydrogen (secondary N) is 1. The lowest BCUT2D eigenvalue weighted by atomic mass is 10.0. The van der Waals surface area contributed by atoms with E-state index in [-0.39, 0.29) is 11.4 Å². The summed E-state index contributed by atoms with van der Waals surface area (Å²) in [7, 11) is 0. The van der Waals surface area contributed by atoms with Gasteiger partial charge >= 0.3 is 0 Å². The molecule has 3 rings (SSSR count). The molecule has 0 aromatic carbocycles. The van der Waals surface area contributed by atoms with Gasteiger partial charge in [-0.25, -0.2) is 0 Å². The van der Waals surface area contributed by atoms with Gasteiger partial charge in [-0.3, -0.25) is 4.79 Å². The van der Waals surface area contributed by atoms with Gasteiger partial charge in [0, 0.05) is 22.3 Å². The Morgan fingerprint density at radius 3 is 2.72 bits per heavy atom. The van der Waals surface area contributed by atoms with Gasteiger partial charge in [0.25, 0.3) is 5.91 Å². The molecule has 1 aromatic heterocycles. The largest absolute Gasteiger partial charge is 0.346 e. The molecule has 18 heavy (non-hydrogen) atoms. The van der Waals surface area contributed by atoms with E-state index in [1.807, 2.05) is 12.3 Å². The Hall–Kier alpha value is -0.770. The third-order valence-corrected chi connectivity index (χ3v) is 4.54. The van der Waals surface area contributed by atoms with Crippen molar-refractivity contribution in [1.82, 2.24) is 9.88 Å². The summed E-state index contributed by atoms with van der Waals surface area (Å²) in [5, 5.41) is 3.23. The molecule has 1 amide bonds. The van der Waals surface area contributed by atoms with E-state index in [4.69, 9.17) is 0 Å². The molecule has 0 bridgehead atoms. The molecule has 98 valence electrons. The molecule has 0 radical (unpaired) electrons. The zero-order valence-corrected chi connectivity index (χ0v) is 12.3. The van der Waals surface area contributed by atoms with Crippen LogP contribution in [0, 0.1) is 0 Å². The van der Waals surface area contributed by atoms with Crippen LogP contribution < -0.4 is 5.32 Å². The number of hydrogen-bond donors (Lipinski definition) is 1. The molecule has 3 nitrogen and oxygen atoms in total. The van der Waals surface area contributed by atoms with Crippen LogP contribution in [-0.4, -0.2) is 16.0 Å². The topological polar surface area (TPSA) is 34.0 Å². The Morgan fingerprint density at radius 2 is 2.11 bits per heavy atom. The summed E-state index contributed by atoms with van der Waals surface area (Å²) in [6.45, 7) is 2.16. The van der Waals surface area contributed by atoms with Crippen LogP contribution in [0.15, 0.2) is 16.7 Å². The van der Waals surface area contributed by atoms with E-state index in [9.17, 15) is 4.79 Å². The molecule has 1 aromatic rings. The highest BCUT2D eigenvalue weighted by Gasteiger charge is 2.33. The first-order valence-corrected chi connectivity index (χ1v) is 7.57. The number of nitrogens with zero attached hydrogens (tertiary/aromatic N) is 1. The third kappa shape index (κ3) is 2.35. The quantitative estimate of drug-likeness (QED) is 0.908. The van der Waals surface area contributed by atoms with Crippen LogP contribution >= 0.6 is 15.9 Å². The van der Waals surface area contributed by atoms with Crippen molar-refractivity contribution in [1.29, 1.82) is 0 Å². The fourth-order valence-corrected chi connectivity index (χ4v) is 3.34. The van der Waals surface area contributed by atoms with E-state index in [1.165, 1.54) is 25.7 Å². The van der Waals surface area contributed by atoms with Crippen molar-refractivity contribution in [3.05, 3.63) is 22.4 Å². The molecule has 4 heteroatoms. The second-order valence-electron chi connectivity index (χ2n) is 5.90. The zero-order valence-electron chi connectivity index (χ0n) is 10.7. The second-order valence-corrected chi connectivity index (χ2v) is 6.82. The molecule has 0 aliphatic heterocycles. The minimum absolute atomic E-state index is 0.00219.